The Bertz CT molecular complexity index is 911. The molecule has 0 saturated carbocycles. The number of rotatable bonds is 7. The second-order valence-corrected chi connectivity index (χ2v) is 7.25. The Morgan fingerprint density at radius 2 is 1.63 bits per heavy atom. The monoisotopic (exact) mass is 379 g/mol. The standard InChI is InChI=1S/C21H21N3O2S/c1-14-10-11-23-21(24-14)27-13-16-4-8-18(9-5-16)17-6-2-15(3-7-17)12-19(22)20(25)26/h2-11,19H,12-13,22H2,1H3,(H,25,26). The lowest BCUT2D eigenvalue weighted by Gasteiger charge is -2.08. The van der Waals surface area contributed by atoms with Gasteiger partial charge in [-0.2, -0.15) is 0 Å². The van der Waals surface area contributed by atoms with E-state index in [0.717, 1.165) is 33.3 Å². The summed E-state index contributed by atoms with van der Waals surface area (Å²) in [4.78, 5) is 19.5. The van der Waals surface area contributed by atoms with Crippen LogP contribution in [0, 0.1) is 6.92 Å². The van der Waals surface area contributed by atoms with E-state index in [9.17, 15) is 4.79 Å². The molecule has 0 aliphatic rings. The molecule has 6 heteroatoms. The second-order valence-electron chi connectivity index (χ2n) is 6.31. The molecule has 1 heterocycles. The van der Waals surface area contributed by atoms with Crippen LogP contribution in [0.3, 0.4) is 0 Å². The number of carbonyl (C=O) groups is 1. The molecule has 1 atom stereocenters. The van der Waals surface area contributed by atoms with Crippen molar-refractivity contribution in [3.05, 3.63) is 77.6 Å². The molecule has 2 aromatic carbocycles. The van der Waals surface area contributed by atoms with Crippen LogP contribution < -0.4 is 5.73 Å². The third kappa shape index (κ3) is 5.39. The van der Waals surface area contributed by atoms with Gasteiger partial charge in [-0.25, -0.2) is 9.97 Å². The average molecular weight is 379 g/mol. The van der Waals surface area contributed by atoms with E-state index in [0.29, 0.717) is 6.42 Å². The summed E-state index contributed by atoms with van der Waals surface area (Å²) in [5, 5.41) is 9.68. The van der Waals surface area contributed by atoms with Gasteiger partial charge in [-0.05, 0) is 41.7 Å². The van der Waals surface area contributed by atoms with Gasteiger partial charge in [-0.15, -0.1) is 0 Å². The number of carboxylic acids is 1. The third-order valence-corrected chi connectivity index (χ3v) is 5.09. The van der Waals surface area contributed by atoms with E-state index in [4.69, 9.17) is 10.8 Å². The second kappa shape index (κ2) is 8.79. The Hall–Kier alpha value is -2.70. The first-order valence-corrected chi connectivity index (χ1v) is 9.59. The fraction of sp³-hybridized carbons (Fsp3) is 0.190. The van der Waals surface area contributed by atoms with Crippen LogP contribution in [-0.2, 0) is 17.0 Å². The molecule has 3 aromatic rings. The number of benzene rings is 2. The topological polar surface area (TPSA) is 89.1 Å². The minimum atomic E-state index is -0.983. The molecule has 0 radical (unpaired) electrons. The van der Waals surface area contributed by atoms with E-state index >= 15 is 0 Å². The molecule has 0 saturated heterocycles. The Morgan fingerprint density at radius 1 is 1.04 bits per heavy atom. The number of aliphatic carboxylic acids is 1. The van der Waals surface area contributed by atoms with Crippen LogP contribution >= 0.6 is 11.8 Å². The largest absolute Gasteiger partial charge is 0.480 e. The molecule has 138 valence electrons. The molecular formula is C21H21N3O2S. The molecule has 1 aromatic heterocycles. The SMILES string of the molecule is Cc1ccnc(SCc2ccc(-c3ccc(CC(N)C(=O)O)cc3)cc2)n1. The number of aryl methyl sites for hydroxylation is 1. The summed E-state index contributed by atoms with van der Waals surface area (Å²) >= 11 is 1.62. The lowest BCUT2D eigenvalue weighted by atomic mass is 10.0. The van der Waals surface area contributed by atoms with Crippen molar-refractivity contribution in [1.82, 2.24) is 9.97 Å². The molecule has 3 rings (SSSR count). The molecule has 3 N–H and O–H groups in total. The van der Waals surface area contributed by atoms with Crippen molar-refractivity contribution in [3.8, 4) is 11.1 Å². The summed E-state index contributed by atoms with van der Waals surface area (Å²) in [6.45, 7) is 1.96. The smallest absolute Gasteiger partial charge is 0.320 e. The van der Waals surface area contributed by atoms with E-state index in [1.54, 1.807) is 18.0 Å². The first-order chi connectivity index (χ1) is 13.0. The summed E-state index contributed by atoms with van der Waals surface area (Å²) in [5.74, 6) is -0.168. The zero-order valence-electron chi connectivity index (χ0n) is 15.0. The number of aromatic nitrogens is 2. The van der Waals surface area contributed by atoms with Crippen molar-refractivity contribution in [2.24, 2.45) is 5.73 Å². The number of carboxylic acid groups (broad SMARTS) is 1. The van der Waals surface area contributed by atoms with Crippen molar-refractivity contribution >= 4 is 17.7 Å². The molecule has 5 nitrogen and oxygen atoms in total. The summed E-state index contributed by atoms with van der Waals surface area (Å²) < 4.78 is 0. The van der Waals surface area contributed by atoms with Crippen molar-refractivity contribution in [2.45, 2.75) is 30.3 Å². The van der Waals surface area contributed by atoms with Crippen molar-refractivity contribution in [2.75, 3.05) is 0 Å². The van der Waals surface area contributed by atoms with Gasteiger partial charge >= 0.3 is 5.97 Å². The van der Waals surface area contributed by atoms with Gasteiger partial charge < -0.3 is 10.8 Å². The van der Waals surface area contributed by atoms with Gasteiger partial charge in [0.25, 0.3) is 0 Å². The van der Waals surface area contributed by atoms with E-state index in [1.165, 1.54) is 5.56 Å². The van der Waals surface area contributed by atoms with Crippen LogP contribution in [-0.4, -0.2) is 27.1 Å². The molecule has 27 heavy (non-hydrogen) atoms. The number of nitrogens with zero attached hydrogens (tertiary/aromatic N) is 2. The normalized spacial score (nSPS) is 11.9. The fourth-order valence-electron chi connectivity index (χ4n) is 2.61. The Morgan fingerprint density at radius 3 is 2.19 bits per heavy atom. The maximum Gasteiger partial charge on any atom is 0.320 e. The molecule has 1 unspecified atom stereocenters. The average Bonchev–Trinajstić information content (AvgIpc) is 2.67. The maximum absolute atomic E-state index is 10.8. The lowest BCUT2D eigenvalue weighted by Crippen LogP contribution is -2.32. The predicted molar refractivity (Wildman–Crippen MR) is 108 cm³/mol. The zero-order chi connectivity index (χ0) is 19.2. The molecular weight excluding hydrogens is 358 g/mol. The van der Waals surface area contributed by atoms with Crippen molar-refractivity contribution in [3.63, 3.8) is 0 Å². The van der Waals surface area contributed by atoms with Crippen LogP contribution in [0.25, 0.3) is 11.1 Å². The predicted octanol–water partition coefficient (Wildman–Crippen LogP) is 3.70. The van der Waals surface area contributed by atoms with Gasteiger partial charge in [0.1, 0.15) is 6.04 Å². The minimum Gasteiger partial charge on any atom is -0.480 e. The Kier molecular flexibility index (Phi) is 6.21. The van der Waals surface area contributed by atoms with Gasteiger partial charge in [0.15, 0.2) is 5.16 Å². The first kappa shape index (κ1) is 19.1. The van der Waals surface area contributed by atoms with Crippen LogP contribution in [0.4, 0.5) is 0 Å². The summed E-state index contributed by atoms with van der Waals surface area (Å²) in [6, 6.07) is 17.2. The summed E-state index contributed by atoms with van der Waals surface area (Å²) in [5.41, 5.74) is 10.9. The fourth-order valence-corrected chi connectivity index (χ4v) is 3.44. The molecule has 0 amide bonds. The highest BCUT2D eigenvalue weighted by atomic mass is 32.2. The van der Waals surface area contributed by atoms with Gasteiger partial charge in [0.05, 0.1) is 0 Å². The number of hydrogen-bond acceptors (Lipinski definition) is 5. The quantitative estimate of drug-likeness (QED) is 0.481. The highest BCUT2D eigenvalue weighted by molar-refractivity contribution is 7.98. The molecule has 0 aliphatic heterocycles. The number of hydrogen-bond donors (Lipinski definition) is 2. The minimum absolute atomic E-state index is 0.326. The number of nitrogens with two attached hydrogens (primary N) is 1. The van der Waals surface area contributed by atoms with Crippen LogP contribution in [0.5, 0.6) is 0 Å². The molecule has 0 bridgehead atoms. The maximum atomic E-state index is 10.8. The molecule has 0 fully saturated rings. The van der Waals surface area contributed by atoms with E-state index < -0.39 is 12.0 Å². The van der Waals surface area contributed by atoms with Gasteiger partial charge in [0.2, 0.25) is 0 Å². The van der Waals surface area contributed by atoms with Crippen LogP contribution in [0.1, 0.15) is 16.8 Å². The van der Waals surface area contributed by atoms with E-state index in [-0.39, 0.29) is 0 Å². The Balaban J connectivity index is 1.62. The van der Waals surface area contributed by atoms with Gasteiger partial charge in [0, 0.05) is 17.6 Å². The van der Waals surface area contributed by atoms with Crippen molar-refractivity contribution < 1.29 is 9.90 Å². The van der Waals surface area contributed by atoms with Crippen molar-refractivity contribution in [1.29, 1.82) is 0 Å². The first-order valence-electron chi connectivity index (χ1n) is 8.60. The van der Waals surface area contributed by atoms with Gasteiger partial charge in [-0.3, -0.25) is 4.79 Å². The van der Waals surface area contributed by atoms with Crippen LogP contribution in [0.2, 0.25) is 0 Å². The summed E-state index contributed by atoms with van der Waals surface area (Å²) in [7, 11) is 0. The highest BCUT2D eigenvalue weighted by Crippen LogP contribution is 2.24. The Labute approximate surface area is 162 Å². The third-order valence-electron chi connectivity index (χ3n) is 4.15. The van der Waals surface area contributed by atoms with Gasteiger partial charge in [-0.1, -0.05) is 60.3 Å². The molecule has 0 aliphatic carbocycles. The summed E-state index contributed by atoms with van der Waals surface area (Å²) in [6.07, 6.45) is 2.10. The lowest BCUT2D eigenvalue weighted by molar-refractivity contribution is -0.138. The van der Waals surface area contributed by atoms with E-state index in [1.807, 2.05) is 37.3 Å². The zero-order valence-corrected chi connectivity index (χ0v) is 15.8. The van der Waals surface area contributed by atoms with Crippen LogP contribution in [0.15, 0.2) is 66.0 Å². The highest BCUT2D eigenvalue weighted by Gasteiger charge is 2.11. The number of thioether (sulfide) groups is 1. The van der Waals surface area contributed by atoms with E-state index in [2.05, 4.69) is 34.2 Å². The molecule has 0 spiro atoms.